The van der Waals surface area contributed by atoms with Gasteiger partial charge < -0.3 is 9.32 Å². The van der Waals surface area contributed by atoms with E-state index in [4.69, 9.17) is 4.42 Å². The van der Waals surface area contributed by atoms with Crippen LogP contribution in [-0.4, -0.2) is 39.8 Å². The number of aromatic nitrogens is 2. The Kier molecular flexibility index (Phi) is 5.98. The maximum atomic E-state index is 12.2. The molecule has 0 aliphatic rings. The van der Waals surface area contributed by atoms with E-state index in [-0.39, 0.29) is 11.7 Å². The van der Waals surface area contributed by atoms with Gasteiger partial charge in [0.15, 0.2) is 0 Å². The van der Waals surface area contributed by atoms with Crippen molar-refractivity contribution in [1.82, 2.24) is 15.1 Å². The predicted molar refractivity (Wildman–Crippen MR) is 92.3 cm³/mol. The van der Waals surface area contributed by atoms with Crippen LogP contribution < -0.4 is 0 Å². The van der Waals surface area contributed by atoms with Crippen molar-refractivity contribution in [3.05, 3.63) is 42.0 Å². The van der Waals surface area contributed by atoms with E-state index in [0.717, 1.165) is 16.7 Å². The summed E-state index contributed by atoms with van der Waals surface area (Å²) in [6.07, 6.45) is 0. The van der Waals surface area contributed by atoms with E-state index >= 15 is 0 Å². The largest absolute Gasteiger partial charge is 0.411 e. The standard InChI is InChI=1S/C17H21N3O2S/c1-5-20(10-12(2)3)15(21)11-23-17-19-18-16(22-17)14-9-7-6-8-13(14)4/h6-9H,2,5,10-11H2,1,3-4H3. The number of rotatable bonds is 7. The Labute approximate surface area is 140 Å². The van der Waals surface area contributed by atoms with Crippen molar-refractivity contribution in [2.45, 2.75) is 26.0 Å². The third-order valence-electron chi connectivity index (χ3n) is 3.30. The average Bonchev–Trinajstić information content (AvgIpc) is 2.99. The predicted octanol–water partition coefficient (Wildman–Crippen LogP) is 3.56. The number of hydrogen-bond acceptors (Lipinski definition) is 5. The molecule has 5 nitrogen and oxygen atoms in total. The molecule has 6 heteroatoms. The molecule has 122 valence electrons. The van der Waals surface area contributed by atoms with Gasteiger partial charge in [-0.05, 0) is 32.4 Å². The van der Waals surface area contributed by atoms with E-state index in [0.29, 0.717) is 24.2 Å². The maximum Gasteiger partial charge on any atom is 0.277 e. The van der Waals surface area contributed by atoms with Crippen molar-refractivity contribution in [2.24, 2.45) is 0 Å². The second-order valence-corrected chi connectivity index (χ2v) is 6.27. The molecule has 0 aliphatic heterocycles. The third kappa shape index (κ3) is 4.69. The van der Waals surface area contributed by atoms with Crippen LogP contribution in [0.1, 0.15) is 19.4 Å². The Hall–Kier alpha value is -2.08. The molecule has 0 saturated carbocycles. The van der Waals surface area contributed by atoms with E-state index in [9.17, 15) is 4.79 Å². The Balaban J connectivity index is 1.98. The van der Waals surface area contributed by atoms with Crippen molar-refractivity contribution in [1.29, 1.82) is 0 Å². The van der Waals surface area contributed by atoms with E-state index < -0.39 is 0 Å². The lowest BCUT2D eigenvalue weighted by molar-refractivity contribution is -0.127. The summed E-state index contributed by atoms with van der Waals surface area (Å²) in [5.74, 6) is 0.791. The van der Waals surface area contributed by atoms with Gasteiger partial charge in [0.2, 0.25) is 11.8 Å². The molecule has 0 radical (unpaired) electrons. The molecule has 1 aromatic heterocycles. The first kappa shape index (κ1) is 17.3. The molecule has 23 heavy (non-hydrogen) atoms. The highest BCUT2D eigenvalue weighted by atomic mass is 32.2. The van der Waals surface area contributed by atoms with Crippen LogP contribution in [0, 0.1) is 6.92 Å². The summed E-state index contributed by atoms with van der Waals surface area (Å²) in [5, 5.41) is 8.48. The quantitative estimate of drug-likeness (QED) is 0.573. The molecule has 0 spiro atoms. The second-order valence-electron chi connectivity index (χ2n) is 5.34. The molecule has 0 fully saturated rings. The Morgan fingerprint density at radius 3 is 2.74 bits per heavy atom. The van der Waals surface area contributed by atoms with Crippen LogP contribution in [0.25, 0.3) is 11.5 Å². The molecule has 0 N–H and O–H groups in total. The minimum Gasteiger partial charge on any atom is -0.411 e. The van der Waals surface area contributed by atoms with Gasteiger partial charge in [-0.2, -0.15) is 0 Å². The van der Waals surface area contributed by atoms with Gasteiger partial charge in [0, 0.05) is 18.7 Å². The lowest BCUT2D eigenvalue weighted by Crippen LogP contribution is -2.33. The molecule has 2 rings (SSSR count). The highest BCUT2D eigenvalue weighted by Gasteiger charge is 2.15. The van der Waals surface area contributed by atoms with E-state index in [1.54, 1.807) is 4.90 Å². The second kappa shape index (κ2) is 7.97. The number of amides is 1. The first-order chi connectivity index (χ1) is 11.0. The van der Waals surface area contributed by atoms with Gasteiger partial charge in [0.1, 0.15) is 0 Å². The van der Waals surface area contributed by atoms with Crippen molar-refractivity contribution in [2.75, 3.05) is 18.8 Å². The fourth-order valence-electron chi connectivity index (χ4n) is 2.11. The number of benzene rings is 1. The molecule has 1 amide bonds. The summed E-state index contributed by atoms with van der Waals surface area (Å²) in [5.41, 5.74) is 2.95. The lowest BCUT2D eigenvalue weighted by Gasteiger charge is -2.20. The van der Waals surface area contributed by atoms with Crippen LogP contribution in [0.15, 0.2) is 46.1 Å². The average molecular weight is 331 g/mol. The SMILES string of the molecule is C=C(C)CN(CC)C(=O)CSc1nnc(-c2ccccc2C)o1. The van der Waals surface area contributed by atoms with Crippen LogP contribution in [0.3, 0.4) is 0 Å². The first-order valence-electron chi connectivity index (χ1n) is 7.45. The number of carbonyl (C=O) groups is 1. The van der Waals surface area contributed by atoms with Crippen molar-refractivity contribution < 1.29 is 9.21 Å². The van der Waals surface area contributed by atoms with Gasteiger partial charge in [-0.25, -0.2) is 0 Å². The van der Waals surface area contributed by atoms with E-state index in [2.05, 4.69) is 16.8 Å². The van der Waals surface area contributed by atoms with Crippen LogP contribution in [0.2, 0.25) is 0 Å². The van der Waals surface area contributed by atoms with Crippen LogP contribution in [-0.2, 0) is 4.79 Å². The maximum absolute atomic E-state index is 12.2. The zero-order valence-electron chi connectivity index (χ0n) is 13.7. The molecule has 0 unspecified atom stereocenters. The van der Waals surface area contributed by atoms with Crippen molar-refractivity contribution in [3.63, 3.8) is 0 Å². The molecule has 0 bridgehead atoms. The summed E-state index contributed by atoms with van der Waals surface area (Å²) in [7, 11) is 0. The molecule has 0 saturated heterocycles. The highest BCUT2D eigenvalue weighted by Crippen LogP contribution is 2.25. The van der Waals surface area contributed by atoms with E-state index in [1.165, 1.54) is 11.8 Å². The molecule has 1 aromatic carbocycles. The number of nitrogens with zero attached hydrogens (tertiary/aromatic N) is 3. The van der Waals surface area contributed by atoms with Crippen LogP contribution in [0.5, 0.6) is 0 Å². The minimum atomic E-state index is 0.0381. The summed E-state index contributed by atoms with van der Waals surface area (Å²) in [6.45, 7) is 10.9. The molecule has 0 atom stereocenters. The number of hydrogen-bond donors (Lipinski definition) is 0. The fraction of sp³-hybridized carbons (Fsp3) is 0.353. The molecular weight excluding hydrogens is 310 g/mol. The first-order valence-corrected chi connectivity index (χ1v) is 8.44. The Bertz CT molecular complexity index is 697. The fourth-order valence-corrected chi connectivity index (χ4v) is 2.77. The Morgan fingerprint density at radius 1 is 1.35 bits per heavy atom. The number of likely N-dealkylation sites (N-methyl/N-ethyl adjacent to an activating group) is 1. The third-order valence-corrected chi connectivity index (χ3v) is 4.10. The molecule has 1 heterocycles. The molecule has 0 aliphatic carbocycles. The zero-order valence-corrected chi connectivity index (χ0v) is 14.5. The summed E-state index contributed by atoms with van der Waals surface area (Å²) in [6, 6.07) is 7.82. The van der Waals surface area contributed by atoms with E-state index in [1.807, 2.05) is 45.0 Å². The summed E-state index contributed by atoms with van der Waals surface area (Å²) in [4.78, 5) is 13.9. The summed E-state index contributed by atoms with van der Waals surface area (Å²) < 4.78 is 5.65. The van der Waals surface area contributed by atoms with Gasteiger partial charge in [-0.1, -0.05) is 42.1 Å². The molecular formula is C17H21N3O2S. The van der Waals surface area contributed by atoms with Gasteiger partial charge >= 0.3 is 0 Å². The van der Waals surface area contributed by atoms with Gasteiger partial charge in [0.05, 0.1) is 5.75 Å². The van der Waals surface area contributed by atoms with Crippen molar-refractivity contribution >= 4 is 17.7 Å². The van der Waals surface area contributed by atoms with Gasteiger partial charge in [0.25, 0.3) is 5.22 Å². The minimum absolute atomic E-state index is 0.0381. The van der Waals surface area contributed by atoms with Gasteiger partial charge in [-0.15, -0.1) is 10.2 Å². The molecule has 2 aromatic rings. The Morgan fingerprint density at radius 2 is 2.09 bits per heavy atom. The van der Waals surface area contributed by atoms with Crippen LogP contribution in [0.4, 0.5) is 0 Å². The number of carbonyl (C=O) groups excluding carboxylic acids is 1. The number of thioether (sulfide) groups is 1. The monoisotopic (exact) mass is 331 g/mol. The topological polar surface area (TPSA) is 59.2 Å². The zero-order chi connectivity index (χ0) is 16.8. The normalized spacial score (nSPS) is 10.6. The van der Waals surface area contributed by atoms with Gasteiger partial charge in [-0.3, -0.25) is 4.79 Å². The summed E-state index contributed by atoms with van der Waals surface area (Å²) >= 11 is 1.26. The van der Waals surface area contributed by atoms with Crippen molar-refractivity contribution in [3.8, 4) is 11.5 Å². The van der Waals surface area contributed by atoms with Crippen LogP contribution >= 0.6 is 11.8 Å². The smallest absolute Gasteiger partial charge is 0.277 e. The number of aryl methyl sites for hydroxylation is 1. The lowest BCUT2D eigenvalue weighted by atomic mass is 10.1. The highest BCUT2D eigenvalue weighted by molar-refractivity contribution is 7.99.